The van der Waals surface area contributed by atoms with Gasteiger partial charge >= 0.3 is 6.03 Å². The monoisotopic (exact) mass is 335 g/mol. The second kappa shape index (κ2) is 9.19. The van der Waals surface area contributed by atoms with E-state index >= 15 is 0 Å². The molecular weight excluding hydrogens is 310 g/mol. The minimum absolute atomic E-state index is 0.133. The van der Waals surface area contributed by atoms with Crippen LogP contribution in [0.3, 0.4) is 0 Å². The number of nitrogens with one attached hydrogen (secondary N) is 2. The standard InChI is InChI=1S/C16H25N5O3/c1-20(2)16(23)19-12-14-11-13(3-4-17-14)15(22)18-5-6-21-7-9-24-10-8-21/h3-4,11H,5-10,12H2,1-2H3,(H,18,22)(H,19,23). The molecule has 1 aromatic rings. The third kappa shape index (κ3) is 5.78. The normalized spacial score (nSPS) is 14.9. The smallest absolute Gasteiger partial charge is 0.317 e. The molecule has 0 bridgehead atoms. The Balaban J connectivity index is 1.79. The SMILES string of the molecule is CN(C)C(=O)NCc1cc(C(=O)NCCN2CCOCC2)ccn1. The van der Waals surface area contributed by atoms with E-state index in [0.717, 1.165) is 32.8 Å². The fraction of sp³-hybridized carbons (Fsp3) is 0.562. The first-order valence-corrected chi connectivity index (χ1v) is 8.04. The van der Waals surface area contributed by atoms with Crippen LogP contribution in [0.2, 0.25) is 0 Å². The van der Waals surface area contributed by atoms with Crippen molar-refractivity contribution in [1.82, 2.24) is 25.4 Å². The van der Waals surface area contributed by atoms with E-state index in [0.29, 0.717) is 17.8 Å². The van der Waals surface area contributed by atoms with Crippen LogP contribution in [0.15, 0.2) is 18.3 Å². The number of rotatable bonds is 6. The van der Waals surface area contributed by atoms with Gasteiger partial charge in [0.2, 0.25) is 0 Å². The second-order valence-corrected chi connectivity index (χ2v) is 5.80. The number of morpholine rings is 1. The molecule has 1 aromatic heterocycles. The van der Waals surface area contributed by atoms with Crippen molar-refractivity contribution >= 4 is 11.9 Å². The lowest BCUT2D eigenvalue weighted by molar-refractivity contribution is 0.0383. The molecule has 0 atom stereocenters. The highest BCUT2D eigenvalue weighted by atomic mass is 16.5. The van der Waals surface area contributed by atoms with Gasteiger partial charge in [0.1, 0.15) is 0 Å². The van der Waals surface area contributed by atoms with Gasteiger partial charge < -0.3 is 20.3 Å². The van der Waals surface area contributed by atoms with Crippen molar-refractivity contribution in [1.29, 1.82) is 0 Å². The number of pyridine rings is 1. The van der Waals surface area contributed by atoms with Gasteiger partial charge in [-0.15, -0.1) is 0 Å². The van der Waals surface area contributed by atoms with Crippen LogP contribution in [-0.4, -0.2) is 80.2 Å². The molecule has 1 aliphatic heterocycles. The van der Waals surface area contributed by atoms with Gasteiger partial charge in [-0.3, -0.25) is 14.7 Å². The maximum absolute atomic E-state index is 12.2. The fourth-order valence-electron chi connectivity index (χ4n) is 2.29. The third-order valence-corrected chi connectivity index (χ3v) is 3.72. The van der Waals surface area contributed by atoms with Crippen molar-refractivity contribution in [2.45, 2.75) is 6.54 Å². The number of aromatic nitrogens is 1. The zero-order valence-electron chi connectivity index (χ0n) is 14.2. The van der Waals surface area contributed by atoms with Gasteiger partial charge in [-0.05, 0) is 12.1 Å². The molecule has 2 rings (SSSR count). The van der Waals surface area contributed by atoms with Gasteiger partial charge in [0.25, 0.3) is 5.91 Å². The Bertz CT molecular complexity index is 558. The predicted octanol–water partition coefficient (Wildman–Crippen LogP) is -0.0852. The van der Waals surface area contributed by atoms with E-state index in [1.165, 1.54) is 4.90 Å². The number of carbonyl (C=O) groups excluding carboxylic acids is 2. The quantitative estimate of drug-likeness (QED) is 0.759. The Morgan fingerprint density at radius 1 is 1.29 bits per heavy atom. The minimum Gasteiger partial charge on any atom is -0.379 e. The Labute approximate surface area is 142 Å². The van der Waals surface area contributed by atoms with Crippen LogP contribution in [0.5, 0.6) is 0 Å². The van der Waals surface area contributed by atoms with Gasteiger partial charge in [-0.2, -0.15) is 0 Å². The molecular formula is C16H25N5O3. The minimum atomic E-state index is -0.197. The number of hydrogen-bond donors (Lipinski definition) is 2. The van der Waals surface area contributed by atoms with Crippen molar-refractivity contribution in [3.05, 3.63) is 29.6 Å². The largest absolute Gasteiger partial charge is 0.379 e. The van der Waals surface area contributed by atoms with Crippen molar-refractivity contribution in [2.24, 2.45) is 0 Å². The highest BCUT2D eigenvalue weighted by Crippen LogP contribution is 2.02. The Morgan fingerprint density at radius 2 is 2.04 bits per heavy atom. The van der Waals surface area contributed by atoms with E-state index in [1.54, 1.807) is 32.4 Å². The highest BCUT2D eigenvalue weighted by molar-refractivity contribution is 5.94. The van der Waals surface area contributed by atoms with Gasteiger partial charge in [0.05, 0.1) is 25.5 Å². The highest BCUT2D eigenvalue weighted by Gasteiger charge is 2.11. The topological polar surface area (TPSA) is 86.8 Å². The lowest BCUT2D eigenvalue weighted by atomic mass is 10.2. The molecule has 0 spiro atoms. The number of nitrogens with zero attached hydrogens (tertiary/aromatic N) is 3. The maximum atomic E-state index is 12.2. The summed E-state index contributed by atoms with van der Waals surface area (Å²) in [4.78, 5) is 31.6. The summed E-state index contributed by atoms with van der Waals surface area (Å²) < 4.78 is 5.30. The molecule has 0 aliphatic carbocycles. The van der Waals surface area contributed by atoms with Gasteiger partial charge in [0.15, 0.2) is 0 Å². The van der Waals surface area contributed by atoms with Crippen LogP contribution in [0.25, 0.3) is 0 Å². The second-order valence-electron chi connectivity index (χ2n) is 5.80. The summed E-state index contributed by atoms with van der Waals surface area (Å²) in [6.45, 7) is 4.99. The molecule has 2 heterocycles. The van der Waals surface area contributed by atoms with Gasteiger partial charge in [-0.25, -0.2) is 4.79 Å². The summed E-state index contributed by atoms with van der Waals surface area (Å²) in [5.41, 5.74) is 1.19. The molecule has 8 heteroatoms. The van der Waals surface area contributed by atoms with Crippen molar-refractivity contribution in [2.75, 3.05) is 53.5 Å². The first kappa shape index (κ1) is 18.2. The zero-order valence-corrected chi connectivity index (χ0v) is 14.2. The third-order valence-electron chi connectivity index (χ3n) is 3.72. The van der Waals surface area contributed by atoms with E-state index in [-0.39, 0.29) is 18.5 Å². The molecule has 3 amide bonds. The molecule has 1 saturated heterocycles. The van der Waals surface area contributed by atoms with Crippen molar-refractivity contribution in [3.63, 3.8) is 0 Å². The molecule has 2 N–H and O–H groups in total. The number of hydrogen-bond acceptors (Lipinski definition) is 5. The van der Waals surface area contributed by atoms with Gasteiger partial charge in [0, 0.05) is 52.0 Å². The Hall–Kier alpha value is -2.19. The van der Waals surface area contributed by atoms with Crippen LogP contribution in [0.1, 0.15) is 16.1 Å². The molecule has 0 saturated carbocycles. The Morgan fingerprint density at radius 3 is 2.75 bits per heavy atom. The summed E-state index contributed by atoms with van der Waals surface area (Å²) in [7, 11) is 3.34. The predicted molar refractivity (Wildman–Crippen MR) is 89.8 cm³/mol. The van der Waals surface area contributed by atoms with Crippen LogP contribution < -0.4 is 10.6 Å². The van der Waals surface area contributed by atoms with E-state index in [4.69, 9.17) is 4.74 Å². The first-order chi connectivity index (χ1) is 11.6. The molecule has 0 unspecified atom stereocenters. The molecule has 1 fully saturated rings. The molecule has 0 radical (unpaired) electrons. The molecule has 1 aliphatic rings. The lowest BCUT2D eigenvalue weighted by Gasteiger charge is -2.26. The van der Waals surface area contributed by atoms with Crippen molar-refractivity contribution in [3.8, 4) is 0 Å². The summed E-state index contributed by atoms with van der Waals surface area (Å²) in [5.74, 6) is -0.133. The van der Waals surface area contributed by atoms with Crippen LogP contribution in [0, 0.1) is 0 Å². The molecule has 8 nitrogen and oxygen atoms in total. The van der Waals surface area contributed by atoms with Crippen molar-refractivity contribution < 1.29 is 14.3 Å². The van der Waals surface area contributed by atoms with Crippen LogP contribution >= 0.6 is 0 Å². The number of amides is 3. The van der Waals surface area contributed by atoms with E-state index in [9.17, 15) is 9.59 Å². The molecule has 132 valence electrons. The first-order valence-electron chi connectivity index (χ1n) is 8.04. The van der Waals surface area contributed by atoms with E-state index in [2.05, 4.69) is 20.5 Å². The lowest BCUT2D eigenvalue weighted by Crippen LogP contribution is -2.41. The zero-order chi connectivity index (χ0) is 17.4. The number of urea groups is 1. The van der Waals surface area contributed by atoms with Crippen LogP contribution in [-0.2, 0) is 11.3 Å². The fourth-order valence-corrected chi connectivity index (χ4v) is 2.29. The van der Waals surface area contributed by atoms with E-state index < -0.39 is 0 Å². The van der Waals surface area contributed by atoms with E-state index in [1.807, 2.05) is 0 Å². The average molecular weight is 335 g/mol. The average Bonchev–Trinajstić information content (AvgIpc) is 2.60. The molecule has 24 heavy (non-hydrogen) atoms. The molecule has 0 aromatic carbocycles. The summed E-state index contributed by atoms with van der Waals surface area (Å²) in [6, 6.07) is 3.17. The maximum Gasteiger partial charge on any atom is 0.317 e. The summed E-state index contributed by atoms with van der Waals surface area (Å²) >= 11 is 0. The number of ether oxygens (including phenoxy) is 1. The Kier molecular flexibility index (Phi) is 6.95. The number of carbonyl (C=O) groups is 2. The summed E-state index contributed by atoms with van der Waals surface area (Å²) in [6.07, 6.45) is 1.58. The van der Waals surface area contributed by atoms with Gasteiger partial charge in [-0.1, -0.05) is 0 Å². The van der Waals surface area contributed by atoms with Crippen LogP contribution in [0.4, 0.5) is 4.79 Å². The summed E-state index contributed by atoms with van der Waals surface area (Å²) in [5, 5.41) is 5.64.